The van der Waals surface area contributed by atoms with Gasteiger partial charge < -0.3 is 0 Å². The average Bonchev–Trinajstić information content (AvgIpc) is 2.87. The molecule has 0 aliphatic heterocycles. The molecule has 0 spiro atoms. The normalized spacial score (nSPS) is 17.6. The number of hydrogen-bond acceptors (Lipinski definition) is 5. The third kappa shape index (κ3) is 2.98. The van der Waals surface area contributed by atoms with E-state index in [0.29, 0.717) is 17.0 Å². The Kier molecular flexibility index (Phi) is 4.27. The molecular formula is C19H16N2O4. The molecular weight excluding hydrogens is 320 g/mol. The number of aliphatic imine (C=N–C) groups is 1. The van der Waals surface area contributed by atoms with Gasteiger partial charge >= 0.3 is 0 Å². The summed E-state index contributed by atoms with van der Waals surface area (Å²) in [5.74, 6) is -1.77. The number of rotatable bonds is 4. The summed E-state index contributed by atoms with van der Waals surface area (Å²) < 4.78 is 0. The van der Waals surface area contributed by atoms with E-state index in [0.717, 1.165) is 12.0 Å². The van der Waals surface area contributed by atoms with Crippen molar-refractivity contribution < 1.29 is 14.5 Å². The first kappa shape index (κ1) is 16.7. The molecule has 2 aromatic rings. The number of nitro groups is 1. The molecule has 0 N–H and O–H groups in total. The van der Waals surface area contributed by atoms with E-state index in [9.17, 15) is 19.7 Å². The zero-order valence-corrected chi connectivity index (χ0v) is 13.9. The van der Waals surface area contributed by atoms with Gasteiger partial charge in [-0.05, 0) is 37.1 Å². The maximum atomic E-state index is 12.6. The molecule has 0 saturated heterocycles. The molecule has 0 saturated carbocycles. The SMILES string of the molecule is CCc1cccc(N=C2c3ccc([N+](=O)[O-])cc3C(=O)C2C(C)=O)c1. The molecule has 0 fully saturated rings. The summed E-state index contributed by atoms with van der Waals surface area (Å²) in [7, 11) is 0. The Balaban J connectivity index is 2.17. The van der Waals surface area contributed by atoms with Gasteiger partial charge in [0, 0.05) is 23.3 Å². The lowest BCUT2D eigenvalue weighted by molar-refractivity contribution is -0.384. The lowest BCUT2D eigenvalue weighted by atomic mass is 9.99. The summed E-state index contributed by atoms with van der Waals surface area (Å²) in [4.78, 5) is 39.6. The summed E-state index contributed by atoms with van der Waals surface area (Å²) in [5, 5.41) is 11.0. The molecule has 0 radical (unpaired) electrons. The highest BCUT2D eigenvalue weighted by molar-refractivity contribution is 6.37. The number of nitrogens with zero attached hydrogens (tertiary/aromatic N) is 2. The number of aryl methyl sites for hydroxylation is 1. The maximum Gasteiger partial charge on any atom is 0.270 e. The van der Waals surface area contributed by atoms with Gasteiger partial charge in [0.05, 0.1) is 16.3 Å². The summed E-state index contributed by atoms with van der Waals surface area (Å²) >= 11 is 0. The molecule has 1 aliphatic carbocycles. The van der Waals surface area contributed by atoms with Gasteiger partial charge in [-0.3, -0.25) is 24.7 Å². The number of carbonyl (C=O) groups excluding carboxylic acids is 2. The van der Waals surface area contributed by atoms with Crippen LogP contribution < -0.4 is 0 Å². The van der Waals surface area contributed by atoms with E-state index in [2.05, 4.69) is 4.99 Å². The predicted octanol–water partition coefficient (Wildman–Crippen LogP) is 3.68. The van der Waals surface area contributed by atoms with Crippen LogP contribution in [0.1, 0.15) is 35.3 Å². The fourth-order valence-corrected chi connectivity index (χ4v) is 3.00. The van der Waals surface area contributed by atoms with E-state index < -0.39 is 16.6 Å². The summed E-state index contributed by atoms with van der Waals surface area (Å²) in [6, 6.07) is 11.6. The fourth-order valence-electron chi connectivity index (χ4n) is 3.00. The zero-order chi connectivity index (χ0) is 18.1. The van der Waals surface area contributed by atoms with E-state index in [4.69, 9.17) is 0 Å². The first-order valence-corrected chi connectivity index (χ1v) is 7.93. The van der Waals surface area contributed by atoms with Crippen LogP contribution in [0.3, 0.4) is 0 Å². The molecule has 126 valence electrons. The molecule has 0 heterocycles. The fraction of sp³-hybridized carbons (Fsp3) is 0.211. The summed E-state index contributed by atoms with van der Waals surface area (Å²) in [6.45, 7) is 3.36. The van der Waals surface area contributed by atoms with Gasteiger partial charge in [0.1, 0.15) is 11.7 Å². The van der Waals surface area contributed by atoms with Gasteiger partial charge in [0.15, 0.2) is 5.78 Å². The molecule has 2 aromatic carbocycles. The Labute approximate surface area is 144 Å². The van der Waals surface area contributed by atoms with E-state index in [1.54, 1.807) is 6.07 Å². The van der Waals surface area contributed by atoms with Crippen molar-refractivity contribution in [1.29, 1.82) is 0 Å². The molecule has 25 heavy (non-hydrogen) atoms. The molecule has 0 bridgehead atoms. The number of fused-ring (bicyclic) bond motifs is 1. The lowest BCUT2D eigenvalue weighted by Crippen LogP contribution is -2.23. The van der Waals surface area contributed by atoms with E-state index in [-0.39, 0.29) is 17.0 Å². The molecule has 0 amide bonds. The Morgan fingerprint density at radius 1 is 1.20 bits per heavy atom. The standard InChI is InChI=1S/C19H16N2O4/c1-3-12-5-4-6-13(9-12)20-18-15-8-7-14(21(24)25)10-16(15)19(23)17(18)11(2)22/h4-10,17H,3H2,1-2H3. The Morgan fingerprint density at radius 3 is 2.60 bits per heavy atom. The van der Waals surface area contributed by atoms with E-state index in [1.165, 1.54) is 25.1 Å². The van der Waals surface area contributed by atoms with Gasteiger partial charge in [-0.25, -0.2) is 0 Å². The van der Waals surface area contributed by atoms with Crippen molar-refractivity contribution in [3.63, 3.8) is 0 Å². The minimum Gasteiger partial charge on any atom is -0.299 e. The van der Waals surface area contributed by atoms with Crippen LogP contribution in [0.15, 0.2) is 47.5 Å². The highest BCUT2D eigenvalue weighted by Gasteiger charge is 2.40. The van der Waals surface area contributed by atoms with Crippen LogP contribution in [-0.2, 0) is 11.2 Å². The third-order valence-corrected chi connectivity index (χ3v) is 4.27. The van der Waals surface area contributed by atoms with Crippen LogP contribution in [0.25, 0.3) is 0 Å². The number of hydrogen-bond donors (Lipinski definition) is 0. The maximum absolute atomic E-state index is 12.6. The van der Waals surface area contributed by atoms with Crippen LogP contribution in [0.2, 0.25) is 0 Å². The zero-order valence-electron chi connectivity index (χ0n) is 13.9. The van der Waals surface area contributed by atoms with Crippen molar-refractivity contribution in [3.8, 4) is 0 Å². The summed E-state index contributed by atoms with van der Waals surface area (Å²) in [6.07, 6.45) is 0.844. The average molecular weight is 336 g/mol. The van der Waals surface area contributed by atoms with Gasteiger partial charge in [0.2, 0.25) is 0 Å². The topological polar surface area (TPSA) is 89.6 Å². The molecule has 6 nitrogen and oxygen atoms in total. The Hall–Kier alpha value is -3.15. The lowest BCUT2D eigenvalue weighted by Gasteiger charge is -2.07. The number of non-ortho nitro benzene ring substituents is 1. The molecule has 1 unspecified atom stereocenters. The quantitative estimate of drug-likeness (QED) is 0.484. The second-order valence-electron chi connectivity index (χ2n) is 5.92. The third-order valence-electron chi connectivity index (χ3n) is 4.27. The second kappa shape index (κ2) is 6.39. The second-order valence-corrected chi connectivity index (χ2v) is 5.92. The van der Waals surface area contributed by atoms with Crippen molar-refractivity contribution in [2.45, 2.75) is 20.3 Å². The minimum absolute atomic E-state index is 0.177. The smallest absolute Gasteiger partial charge is 0.270 e. The van der Waals surface area contributed by atoms with Crippen molar-refractivity contribution in [1.82, 2.24) is 0 Å². The van der Waals surface area contributed by atoms with Crippen LogP contribution in [-0.4, -0.2) is 22.2 Å². The van der Waals surface area contributed by atoms with Crippen LogP contribution in [0.4, 0.5) is 11.4 Å². The number of carbonyl (C=O) groups is 2. The Bertz CT molecular complexity index is 931. The van der Waals surface area contributed by atoms with Crippen molar-refractivity contribution >= 4 is 28.7 Å². The van der Waals surface area contributed by atoms with E-state index >= 15 is 0 Å². The monoisotopic (exact) mass is 336 g/mol. The molecule has 1 atom stereocenters. The molecule has 3 rings (SSSR count). The largest absolute Gasteiger partial charge is 0.299 e. The minimum atomic E-state index is -1.01. The molecule has 1 aliphatic rings. The first-order valence-electron chi connectivity index (χ1n) is 7.93. The highest BCUT2D eigenvalue weighted by atomic mass is 16.6. The van der Waals surface area contributed by atoms with Crippen LogP contribution in [0, 0.1) is 16.0 Å². The van der Waals surface area contributed by atoms with Gasteiger partial charge in [-0.2, -0.15) is 0 Å². The predicted molar refractivity (Wildman–Crippen MR) is 93.6 cm³/mol. The first-order chi connectivity index (χ1) is 11.9. The number of benzene rings is 2. The number of Topliss-reactive ketones (excluding diaryl/α,β-unsaturated/α-hetero) is 2. The highest BCUT2D eigenvalue weighted by Crippen LogP contribution is 2.33. The summed E-state index contributed by atoms with van der Waals surface area (Å²) in [5.41, 5.74) is 2.59. The van der Waals surface area contributed by atoms with Gasteiger partial charge in [-0.15, -0.1) is 0 Å². The Morgan fingerprint density at radius 2 is 1.96 bits per heavy atom. The van der Waals surface area contributed by atoms with Crippen molar-refractivity contribution in [3.05, 3.63) is 69.3 Å². The number of ketones is 2. The molecule has 0 aromatic heterocycles. The van der Waals surface area contributed by atoms with Crippen molar-refractivity contribution in [2.24, 2.45) is 10.9 Å². The van der Waals surface area contributed by atoms with Crippen molar-refractivity contribution in [2.75, 3.05) is 0 Å². The van der Waals surface area contributed by atoms with Gasteiger partial charge in [0.25, 0.3) is 5.69 Å². The number of nitro benzene ring substituents is 1. The van der Waals surface area contributed by atoms with Crippen LogP contribution in [0.5, 0.6) is 0 Å². The van der Waals surface area contributed by atoms with Gasteiger partial charge in [-0.1, -0.05) is 19.1 Å². The van der Waals surface area contributed by atoms with Crippen LogP contribution >= 0.6 is 0 Å². The van der Waals surface area contributed by atoms with E-state index in [1.807, 2.05) is 25.1 Å². The molecule has 6 heteroatoms.